The quantitative estimate of drug-likeness (QED) is 0.741. The summed E-state index contributed by atoms with van der Waals surface area (Å²) in [6, 6.07) is 9.23. The van der Waals surface area contributed by atoms with Crippen LogP contribution in [0.25, 0.3) is 22.4 Å². The van der Waals surface area contributed by atoms with E-state index in [0.717, 1.165) is 6.42 Å². The van der Waals surface area contributed by atoms with Crippen LogP contribution in [-0.4, -0.2) is 9.55 Å². The minimum atomic E-state index is -0.455. The predicted octanol–water partition coefficient (Wildman–Crippen LogP) is 3.97. The highest BCUT2D eigenvalue weighted by molar-refractivity contribution is 5.81. The van der Waals surface area contributed by atoms with Crippen molar-refractivity contribution in [3.8, 4) is 11.4 Å². The van der Waals surface area contributed by atoms with E-state index in [-0.39, 0.29) is 5.52 Å². The van der Waals surface area contributed by atoms with E-state index >= 15 is 0 Å². The van der Waals surface area contributed by atoms with Crippen molar-refractivity contribution in [3.63, 3.8) is 0 Å². The number of fused-ring (bicyclic) bond motifs is 1. The van der Waals surface area contributed by atoms with Gasteiger partial charge in [-0.25, -0.2) is 13.8 Å². The van der Waals surface area contributed by atoms with Gasteiger partial charge in [0.25, 0.3) is 0 Å². The van der Waals surface area contributed by atoms with Gasteiger partial charge in [-0.1, -0.05) is 13.0 Å². The predicted molar refractivity (Wildman–Crippen MR) is 79.8 cm³/mol. The molecule has 0 unspecified atom stereocenters. The molecule has 0 fully saturated rings. The number of nitrogens with two attached hydrogens (primary N) is 1. The van der Waals surface area contributed by atoms with E-state index in [4.69, 9.17) is 5.73 Å². The number of anilines is 1. The van der Waals surface area contributed by atoms with E-state index in [1.165, 1.54) is 12.1 Å². The van der Waals surface area contributed by atoms with E-state index in [0.29, 0.717) is 29.1 Å². The van der Waals surface area contributed by atoms with Gasteiger partial charge in [-0.15, -0.1) is 0 Å². The number of aromatic nitrogens is 2. The fraction of sp³-hybridized carbons (Fsp3) is 0.188. The van der Waals surface area contributed by atoms with Gasteiger partial charge in [-0.2, -0.15) is 0 Å². The molecule has 108 valence electrons. The topological polar surface area (TPSA) is 43.8 Å². The Labute approximate surface area is 121 Å². The van der Waals surface area contributed by atoms with Gasteiger partial charge in [-0.3, -0.25) is 0 Å². The molecule has 0 saturated carbocycles. The highest BCUT2D eigenvalue weighted by atomic mass is 19.1. The molecule has 0 aliphatic carbocycles. The Balaban J connectivity index is 2.30. The maximum atomic E-state index is 14.2. The van der Waals surface area contributed by atoms with Gasteiger partial charge in [-0.05, 0) is 36.8 Å². The second kappa shape index (κ2) is 5.16. The van der Waals surface area contributed by atoms with Crippen molar-refractivity contribution in [3.05, 3.63) is 48.0 Å². The van der Waals surface area contributed by atoms with Gasteiger partial charge >= 0.3 is 0 Å². The van der Waals surface area contributed by atoms with Crippen LogP contribution in [0, 0.1) is 11.6 Å². The second-order valence-corrected chi connectivity index (χ2v) is 4.93. The second-order valence-electron chi connectivity index (χ2n) is 4.93. The van der Waals surface area contributed by atoms with Gasteiger partial charge < -0.3 is 10.3 Å². The molecule has 0 amide bonds. The minimum absolute atomic E-state index is 0.261. The zero-order valence-corrected chi connectivity index (χ0v) is 11.6. The first-order chi connectivity index (χ1) is 10.1. The van der Waals surface area contributed by atoms with Crippen LogP contribution in [0.5, 0.6) is 0 Å². The minimum Gasteiger partial charge on any atom is -0.399 e. The highest BCUT2D eigenvalue weighted by Crippen LogP contribution is 2.29. The van der Waals surface area contributed by atoms with Crippen LogP contribution >= 0.6 is 0 Å². The van der Waals surface area contributed by atoms with E-state index in [2.05, 4.69) is 4.98 Å². The molecule has 2 aromatic carbocycles. The molecule has 0 bridgehead atoms. The largest absolute Gasteiger partial charge is 0.399 e. The van der Waals surface area contributed by atoms with Crippen molar-refractivity contribution < 1.29 is 8.78 Å². The zero-order chi connectivity index (χ0) is 15.0. The molecule has 0 saturated heterocycles. The van der Waals surface area contributed by atoms with Gasteiger partial charge in [0.05, 0.1) is 11.1 Å². The fourth-order valence-electron chi connectivity index (χ4n) is 2.48. The molecule has 2 N–H and O–H groups in total. The molecule has 1 aromatic heterocycles. The molecule has 0 atom stereocenters. The molecule has 3 nitrogen and oxygen atoms in total. The molecule has 21 heavy (non-hydrogen) atoms. The number of para-hydroxylation sites is 1. The normalized spacial score (nSPS) is 11.2. The lowest BCUT2D eigenvalue weighted by Gasteiger charge is -2.09. The summed E-state index contributed by atoms with van der Waals surface area (Å²) in [6.45, 7) is 2.65. The third kappa shape index (κ3) is 2.24. The monoisotopic (exact) mass is 287 g/mol. The van der Waals surface area contributed by atoms with Crippen LogP contribution in [0.3, 0.4) is 0 Å². The maximum Gasteiger partial charge on any atom is 0.151 e. The number of nitrogens with zero attached hydrogens (tertiary/aromatic N) is 2. The highest BCUT2D eigenvalue weighted by Gasteiger charge is 2.17. The Hall–Kier alpha value is -2.43. The third-order valence-electron chi connectivity index (χ3n) is 3.41. The maximum absolute atomic E-state index is 14.2. The zero-order valence-electron chi connectivity index (χ0n) is 11.6. The molecule has 0 spiro atoms. The lowest BCUT2D eigenvalue weighted by molar-refractivity contribution is 0.626. The Bertz CT molecular complexity index is 809. The molecular weight excluding hydrogens is 272 g/mol. The average molecular weight is 287 g/mol. The molecular formula is C16H15F2N3. The molecule has 3 aromatic rings. The van der Waals surface area contributed by atoms with E-state index in [1.54, 1.807) is 24.3 Å². The van der Waals surface area contributed by atoms with Crippen LogP contribution in [-0.2, 0) is 6.54 Å². The number of rotatable bonds is 3. The van der Waals surface area contributed by atoms with Crippen LogP contribution in [0.15, 0.2) is 36.4 Å². The molecule has 0 aliphatic rings. The number of nitrogen functional groups attached to an aromatic ring is 1. The molecule has 5 heteroatoms. The Kier molecular flexibility index (Phi) is 3.33. The Morgan fingerprint density at radius 1 is 1.14 bits per heavy atom. The van der Waals surface area contributed by atoms with Crippen LogP contribution in [0.4, 0.5) is 14.5 Å². The number of hydrogen-bond donors (Lipinski definition) is 1. The van der Waals surface area contributed by atoms with Crippen molar-refractivity contribution in [2.75, 3.05) is 5.73 Å². The number of benzene rings is 2. The number of aryl methyl sites for hydroxylation is 1. The smallest absolute Gasteiger partial charge is 0.151 e. The summed E-state index contributed by atoms with van der Waals surface area (Å²) < 4.78 is 29.9. The number of imidazole rings is 1. The summed E-state index contributed by atoms with van der Waals surface area (Å²) in [5, 5.41) is 0. The SMILES string of the molecule is CCCn1c(-c2ccc(N)cc2F)nc2c(F)cccc21. The van der Waals surface area contributed by atoms with Gasteiger partial charge in [0.1, 0.15) is 17.2 Å². The Morgan fingerprint density at radius 2 is 1.95 bits per heavy atom. The van der Waals surface area contributed by atoms with Crippen molar-refractivity contribution in [2.24, 2.45) is 0 Å². The van der Waals surface area contributed by atoms with Crippen molar-refractivity contribution in [1.82, 2.24) is 9.55 Å². The first kappa shape index (κ1) is 13.5. The van der Waals surface area contributed by atoms with Crippen molar-refractivity contribution >= 4 is 16.7 Å². The fourth-order valence-corrected chi connectivity index (χ4v) is 2.48. The third-order valence-corrected chi connectivity index (χ3v) is 3.41. The summed E-state index contributed by atoms with van der Waals surface area (Å²) in [6.07, 6.45) is 0.839. The number of halogens is 2. The molecule has 1 heterocycles. The van der Waals surface area contributed by atoms with Crippen LogP contribution in [0.1, 0.15) is 13.3 Å². The van der Waals surface area contributed by atoms with Crippen molar-refractivity contribution in [1.29, 1.82) is 0 Å². The first-order valence-corrected chi connectivity index (χ1v) is 6.82. The standard InChI is InChI=1S/C16H15F2N3/c1-2-8-21-14-5-3-4-12(17)15(14)20-16(21)11-7-6-10(19)9-13(11)18/h3-7,9H,2,8,19H2,1H3. The Morgan fingerprint density at radius 3 is 2.67 bits per heavy atom. The molecule has 0 aliphatic heterocycles. The van der Waals surface area contributed by atoms with Crippen LogP contribution < -0.4 is 5.73 Å². The number of hydrogen-bond acceptors (Lipinski definition) is 2. The lowest BCUT2D eigenvalue weighted by Crippen LogP contribution is -2.01. The van der Waals surface area contributed by atoms with Crippen LogP contribution in [0.2, 0.25) is 0 Å². The van der Waals surface area contributed by atoms with Gasteiger partial charge in [0.2, 0.25) is 0 Å². The van der Waals surface area contributed by atoms with Gasteiger partial charge in [0, 0.05) is 12.2 Å². The summed E-state index contributed by atoms with van der Waals surface area (Å²) in [4.78, 5) is 4.30. The summed E-state index contributed by atoms with van der Waals surface area (Å²) in [7, 11) is 0. The summed E-state index contributed by atoms with van der Waals surface area (Å²) >= 11 is 0. The lowest BCUT2D eigenvalue weighted by atomic mass is 10.2. The van der Waals surface area contributed by atoms with Gasteiger partial charge in [0.15, 0.2) is 5.82 Å². The first-order valence-electron chi connectivity index (χ1n) is 6.82. The van der Waals surface area contributed by atoms with E-state index in [1.807, 2.05) is 11.5 Å². The summed E-state index contributed by atoms with van der Waals surface area (Å²) in [5.41, 5.74) is 7.18. The van der Waals surface area contributed by atoms with Crippen molar-refractivity contribution in [2.45, 2.75) is 19.9 Å². The molecule has 0 radical (unpaired) electrons. The molecule has 3 rings (SSSR count). The average Bonchev–Trinajstić information content (AvgIpc) is 2.80. The summed E-state index contributed by atoms with van der Waals surface area (Å²) in [5.74, 6) is -0.433. The van der Waals surface area contributed by atoms with E-state index < -0.39 is 11.6 Å². The van der Waals surface area contributed by atoms with E-state index in [9.17, 15) is 8.78 Å².